The Bertz CT molecular complexity index is 1160. The number of aryl methyl sites for hydroxylation is 1. The largest absolute Gasteiger partial charge is 0.336 e. The van der Waals surface area contributed by atoms with Gasteiger partial charge in [-0.05, 0) is 56.5 Å². The van der Waals surface area contributed by atoms with E-state index in [0.717, 1.165) is 31.0 Å². The summed E-state index contributed by atoms with van der Waals surface area (Å²) < 4.78 is 1.53. The highest BCUT2D eigenvalue weighted by Gasteiger charge is 2.16. The molecule has 32 heavy (non-hydrogen) atoms. The average Bonchev–Trinajstić information content (AvgIpc) is 2.76. The number of rotatable bonds is 8. The van der Waals surface area contributed by atoms with E-state index >= 15 is 0 Å². The van der Waals surface area contributed by atoms with Gasteiger partial charge in [0, 0.05) is 6.04 Å². The zero-order valence-electron chi connectivity index (χ0n) is 18.6. The Morgan fingerprint density at radius 3 is 2.50 bits per heavy atom. The number of aromatic nitrogens is 2. The second-order valence-corrected chi connectivity index (χ2v) is 8.73. The molecule has 0 aliphatic heterocycles. The molecule has 0 aliphatic carbocycles. The predicted octanol–water partition coefficient (Wildman–Crippen LogP) is 4.05. The second-order valence-electron chi connectivity index (χ2n) is 7.79. The summed E-state index contributed by atoms with van der Waals surface area (Å²) in [7, 11) is 0. The molecule has 2 aromatic carbocycles. The summed E-state index contributed by atoms with van der Waals surface area (Å²) in [5.41, 5.74) is 2.27. The summed E-state index contributed by atoms with van der Waals surface area (Å²) >= 11 is 1.12. The van der Waals surface area contributed by atoms with Crippen LogP contribution in [-0.4, -0.2) is 33.3 Å². The zero-order chi connectivity index (χ0) is 23.1. The third-order valence-electron chi connectivity index (χ3n) is 4.76. The first-order valence-corrected chi connectivity index (χ1v) is 11.7. The first-order valence-electron chi connectivity index (χ1n) is 10.7. The van der Waals surface area contributed by atoms with Crippen molar-refractivity contribution in [3.05, 3.63) is 64.4 Å². The molecule has 0 spiro atoms. The van der Waals surface area contributed by atoms with Crippen LogP contribution >= 0.6 is 11.8 Å². The maximum atomic E-state index is 13.3. The van der Waals surface area contributed by atoms with Crippen LogP contribution in [0.2, 0.25) is 0 Å². The van der Waals surface area contributed by atoms with E-state index in [0.29, 0.717) is 21.7 Å². The Morgan fingerprint density at radius 1 is 1.09 bits per heavy atom. The van der Waals surface area contributed by atoms with Crippen LogP contribution < -0.4 is 16.2 Å². The van der Waals surface area contributed by atoms with Gasteiger partial charge in [-0.25, -0.2) is 9.78 Å². The summed E-state index contributed by atoms with van der Waals surface area (Å²) in [4.78, 5) is 41.9. The van der Waals surface area contributed by atoms with E-state index in [1.807, 2.05) is 44.2 Å². The molecule has 0 saturated carbocycles. The van der Waals surface area contributed by atoms with E-state index < -0.39 is 11.9 Å². The van der Waals surface area contributed by atoms with Crippen molar-refractivity contribution in [3.63, 3.8) is 0 Å². The SMILES string of the molecule is CCCCc1ccc(-n2c(SCC(=O)NC(=O)NC(C)C)nc3ccccc3c2=O)cc1. The number of para-hydroxylation sites is 1. The molecule has 0 radical (unpaired) electrons. The van der Waals surface area contributed by atoms with Crippen LogP contribution in [0.4, 0.5) is 4.79 Å². The number of nitrogens with zero attached hydrogens (tertiary/aromatic N) is 2. The fourth-order valence-corrected chi connectivity index (χ4v) is 4.03. The minimum Gasteiger partial charge on any atom is -0.336 e. The van der Waals surface area contributed by atoms with E-state index in [2.05, 4.69) is 22.5 Å². The molecule has 2 N–H and O–H groups in total. The lowest BCUT2D eigenvalue weighted by Crippen LogP contribution is -2.43. The number of thioether (sulfide) groups is 1. The van der Waals surface area contributed by atoms with Crippen LogP contribution in [0.15, 0.2) is 58.5 Å². The molecule has 0 aliphatic rings. The van der Waals surface area contributed by atoms with Crippen LogP contribution in [0.25, 0.3) is 16.6 Å². The van der Waals surface area contributed by atoms with Gasteiger partial charge in [-0.3, -0.25) is 19.5 Å². The van der Waals surface area contributed by atoms with Crippen molar-refractivity contribution in [3.8, 4) is 5.69 Å². The standard InChI is InChI=1S/C24H28N4O3S/c1-4-5-8-17-11-13-18(14-12-17)28-22(30)19-9-6-7-10-20(19)26-24(28)32-15-21(29)27-23(31)25-16(2)3/h6-7,9-14,16H,4-5,8,15H2,1-3H3,(H2,25,27,29,31). The lowest BCUT2D eigenvalue weighted by atomic mass is 10.1. The van der Waals surface area contributed by atoms with Gasteiger partial charge in [-0.1, -0.05) is 49.4 Å². The van der Waals surface area contributed by atoms with Crippen molar-refractivity contribution < 1.29 is 9.59 Å². The molecular formula is C24H28N4O3S. The third-order valence-corrected chi connectivity index (χ3v) is 5.70. The van der Waals surface area contributed by atoms with E-state index in [4.69, 9.17) is 0 Å². The van der Waals surface area contributed by atoms with Crippen molar-refractivity contribution in [2.45, 2.75) is 51.2 Å². The van der Waals surface area contributed by atoms with Gasteiger partial charge >= 0.3 is 6.03 Å². The first-order chi connectivity index (χ1) is 15.4. The molecule has 0 bridgehead atoms. The maximum Gasteiger partial charge on any atom is 0.321 e. The van der Waals surface area contributed by atoms with Crippen LogP contribution in [-0.2, 0) is 11.2 Å². The van der Waals surface area contributed by atoms with E-state index in [1.54, 1.807) is 18.2 Å². The first kappa shape index (κ1) is 23.5. The van der Waals surface area contributed by atoms with Gasteiger partial charge in [-0.15, -0.1) is 0 Å². The Morgan fingerprint density at radius 2 is 1.81 bits per heavy atom. The number of unbranched alkanes of at least 4 members (excludes halogenated alkanes) is 1. The molecule has 0 unspecified atom stereocenters. The summed E-state index contributed by atoms with van der Waals surface area (Å²) in [5, 5.41) is 5.81. The minimum absolute atomic E-state index is 0.0507. The van der Waals surface area contributed by atoms with Crippen LogP contribution in [0.5, 0.6) is 0 Å². The normalized spacial score (nSPS) is 11.0. The predicted molar refractivity (Wildman–Crippen MR) is 128 cm³/mol. The molecule has 3 amide bonds. The molecule has 168 valence electrons. The van der Waals surface area contributed by atoms with Crippen molar-refractivity contribution in [2.75, 3.05) is 5.75 Å². The number of hydrogen-bond donors (Lipinski definition) is 2. The van der Waals surface area contributed by atoms with Gasteiger partial charge in [0.2, 0.25) is 5.91 Å². The third kappa shape index (κ3) is 5.97. The van der Waals surface area contributed by atoms with E-state index in [9.17, 15) is 14.4 Å². The van der Waals surface area contributed by atoms with Crippen molar-refractivity contribution in [1.29, 1.82) is 0 Å². The quantitative estimate of drug-likeness (QED) is 0.397. The Balaban J connectivity index is 1.90. The summed E-state index contributed by atoms with van der Waals surface area (Å²) in [6.45, 7) is 5.77. The number of amides is 3. The highest BCUT2D eigenvalue weighted by Crippen LogP contribution is 2.22. The number of carbonyl (C=O) groups is 2. The second kappa shape index (κ2) is 10.9. The highest BCUT2D eigenvalue weighted by molar-refractivity contribution is 7.99. The topological polar surface area (TPSA) is 93.1 Å². The van der Waals surface area contributed by atoms with Crippen molar-refractivity contribution in [2.24, 2.45) is 0 Å². The van der Waals surface area contributed by atoms with Gasteiger partial charge < -0.3 is 5.32 Å². The monoisotopic (exact) mass is 452 g/mol. The van der Waals surface area contributed by atoms with Crippen LogP contribution in [0.3, 0.4) is 0 Å². The molecule has 1 aromatic heterocycles. The number of imide groups is 1. The fourth-order valence-electron chi connectivity index (χ4n) is 3.22. The van der Waals surface area contributed by atoms with Crippen LogP contribution in [0.1, 0.15) is 39.2 Å². The molecule has 8 heteroatoms. The van der Waals surface area contributed by atoms with Crippen molar-refractivity contribution in [1.82, 2.24) is 20.2 Å². The maximum absolute atomic E-state index is 13.3. The Kier molecular flexibility index (Phi) is 8.05. The van der Waals surface area contributed by atoms with E-state index in [1.165, 1.54) is 10.1 Å². The van der Waals surface area contributed by atoms with Gasteiger partial charge in [0.25, 0.3) is 5.56 Å². The lowest BCUT2D eigenvalue weighted by Gasteiger charge is -2.14. The minimum atomic E-state index is -0.544. The number of benzene rings is 2. The Labute approximate surface area is 191 Å². The van der Waals surface area contributed by atoms with Gasteiger partial charge in [-0.2, -0.15) is 0 Å². The molecule has 0 saturated heterocycles. The van der Waals surface area contributed by atoms with Crippen molar-refractivity contribution >= 4 is 34.6 Å². The fraction of sp³-hybridized carbons (Fsp3) is 0.333. The molecule has 3 aromatic rings. The number of urea groups is 1. The average molecular weight is 453 g/mol. The lowest BCUT2D eigenvalue weighted by molar-refractivity contribution is -0.117. The van der Waals surface area contributed by atoms with Crippen LogP contribution in [0, 0.1) is 0 Å². The van der Waals surface area contributed by atoms with Gasteiger partial charge in [0.1, 0.15) is 0 Å². The number of hydrogen-bond acceptors (Lipinski definition) is 5. The van der Waals surface area contributed by atoms with E-state index in [-0.39, 0.29) is 17.4 Å². The van der Waals surface area contributed by atoms with Gasteiger partial charge in [0.15, 0.2) is 5.16 Å². The molecule has 3 rings (SSSR count). The number of carbonyl (C=O) groups excluding carboxylic acids is 2. The summed E-state index contributed by atoms with van der Waals surface area (Å²) in [6, 6.07) is 14.4. The molecule has 7 nitrogen and oxygen atoms in total. The van der Waals surface area contributed by atoms with Gasteiger partial charge in [0.05, 0.1) is 22.3 Å². The zero-order valence-corrected chi connectivity index (χ0v) is 19.4. The summed E-state index contributed by atoms with van der Waals surface area (Å²) in [5.74, 6) is -0.512. The molecule has 1 heterocycles. The number of nitrogens with one attached hydrogen (secondary N) is 2. The molecule has 0 atom stereocenters. The molecule has 0 fully saturated rings. The smallest absolute Gasteiger partial charge is 0.321 e. The highest BCUT2D eigenvalue weighted by atomic mass is 32.2. The Hall–Kier alpha value is -3.13. The number of fused-ring (bicyclic) bond motifs is 1. The molecular weight excluding hydrogens is 424 g/mol. The summed E-state index contributed by atoms with van der Waals surface area (Å²) in [6.07, 6.45) is 3.22.